The number of hydrogen-bond donors (Lipinski definition) is 0. The van der Waals surface area contributed by atoms with Gasteiger partial charge in [-0.05, 0) is 94.2 Å². The Morgan fingerprint density at radius 1 is 0.897 bits per heavy atom. The summed E-state index contributed by atoms with van der Waals surface area (Å²) in [7, 11) is 1.50. The highest BCUT2D eigenvalue weighted by atomic mass is 16.5. The van der Waals surface area contributed by atoms with Gasteiger partial charge in [-0.15, -0.1) is 0 Å². The van der Waals surface area contributed by atoms with E-state index in [9.17, 15) is 4.79 Å². The lowest BCUT2D eigenvalue weighted by Gasteiger charge is -2.56. The number of ether oxygens (including phenoxy) is 1. The van der Waals surface area contributed by atoms with E-state index in [0.29, 0.717) is 24.7 Å². The van der Waals surface area contributed by atoms with E-state index in [0.717, 1.165) is 48.7 Å². The Labute approximate surface area is 234 Å². The Kier molecular flexibility index (Phi) is 7.21. The Hall–Kier alpha value is -1.92. The highest BCUT2D eigenvalue weighted by Gasteiger charge is 2.48. The second kappa shape index (κ2) is 10.8. The monoisotopic (exact) mass is 532 g/mol. The first-order valence-corrected chi connectivity index (χ1v) is 16.1. The molecule has 4 heterocycles. The largest absolute Gasteiger partial charge is 0.468 e. The molecule has 8 atom stereocenters. The van der Waals surface area contributed by atoms with Crippen molar-refractivity contribution in [1.29, 1.82) is 0 Å². The van der Waals surface area contributed by atoms with E-state index in [1.807, 2.05) is 0 Å². The second-order valence-corrected chi connectivity index (χ2v) is 13.8. The number of carbonyl (C=O) groups excluding carboxylic acids is 1. The molecule has 2 saturated carbocycles. The van der Waals surface area contributed by atoms with Crippen LogP contribution in [-0.2, 0) is 9.53 Å². The summed E-state index contributed by atoms with van der Waals surface area (Å²) in [5, 5.41) is 0. The number of hydrogen-bond acceptors (Lipinski definition) is 5. The van der Waals surface area contributed by atoms with Crippen LogP contribution in [0.25, 0.3) is 11.0 Å². The molecule has 6 nitrogen and oxygen atoms in total. The molecule has 4 bridgehead atoms. The molecule has 5 fully saturated rings. The molecule has 3 saturated heterocycles. The quantitative estimate of drug-likeness (QED) is 0.411. The highest BCUT2D eigenvalue weighted by molar-refractivity contribution is 5.76. The average Bonchev–Trinajstić information content (AvgIpc) is 3.52. The maximum atomic E-state index is 12.3. The van der Waals surface area contributed by atoms with Crippen LogP contribution in [0.2, 0.25) is 0 Å². The minimum absolute atomic E-state index is 0.144. The third-order valence-corrected chi connectivity index (χ3v) is 11.5. The van der Waals surface area contributed by atoms with Gasteiger partial charge >= 0.3 is 5.97 Å². The van der Waals surface area contributed by atoms with Crippen LogP contribution >= 0.6 is 0 Å². The molecule has 7 rings (SSSR count). The van der Waals surface area contributed by atoms with Crippen molar-refractivity contribution in [3.8, 4) is 0 Å². The van der Waals surface area contributed by atoms with E-state index >= 15 is 0 Å². The van der Waals surface area contributed by atoms with Crippen LogP contribution in [0.3, 0.4) is 0 Å². The van der Waals surface area contributed by atoms with Gasteiger partial charge in [0.15, 0.2) is 0 Å². The summed E-state index contributed by atoms with van der Waals surface area (Å²) >= 11 is 0. The van der Waals surface area contributed by atoms with E-state index in [4.69, 9.17) is 9.72 Å². The molecule has 0 amide bonds. The molecule has 0 N–H and O–H groups in total. The molecule has 212 valence electrons. The standard InChI is InChI=1S/C33H48N4O2/c1-22-13-14-25-19-27(20-31(22)36(25)26-17-23-8-3-4-9-24(16-23)18-26)37-29-11-6-5-10-28(29)34-33(37)30-12-7-15-35(30)21-32(38)39-2/h5-6,10-11,22-27,30-31H,3-4,7-9,12-21H2,1-2H3/t22-,23-,24+,25+,26-,27-,30+,31+/m1/s1. The molecule has 0 spiro atoms. The number of aromatic nitrogens is 2. The van der Waals surface area contributed by atoms with Gasteiger partial charge in [0.2, 0.25) is 0 Å². The van der Waals surface area contributed by atoms with Crippen LogP contribution in [0.15, 0.2) is 24.3 Å². The lowest BCUT2D eigenvalue weighted by molar-refractivity contribution is -0.142. The summed E-state index contributed by atoms with van der Waals surface area (Å²) in [5.74, 6) is 3.74. The number of para-hydroxylation sites is 2. The smallest absolute Gasteiger partial charge is 0.319 e. The van der Waals surface area contributed by atoms with Gasteiger partial charge in [0.1, 0.15) is 5.82 Å². The van der Waals surface area contributed by atoms with Crippen molar-refractivity contribution in [3.05, 3.63) is 30.1 Å². The van der Waals surface area contributed by atoms with Crippen molar-refractivity contribution in [3.63, 3.8) is 0 Å². The summed E-state index contributed by atoms with van der Waals surface area (Å²) in [5.41, 5.74) is 2.39. The van der Waals surface area contributed by atoms with E-state index in [2.05, 4.69) is 45.6 Å². The third kappa shape index (κ3) is 4.84. The average molecular weight is 533 g/mol. The number of carbonyl (C=O) groups is 1. The van der Waals surface area contributed by atoms with E-state index in [-0.39, 0.29) is 12.0 Å². The zero-order valence-corrected chi connectivity index (χ0v) is 24.1. The fourth-order valence-corrected chi connectivity index (χ4v) is 9.75. The first kappa shape index (κ1) is 26.0. The first-order valence-electron chi connectivity index (χ1n) is 16.1. The van der Waals surface area contributed by atoms with Gasteiger partial charge in [-0.1, -0.05) is 44.7 Å². The molecular weight excluding hydrogens is 484 g/mol. The van der Waals surface area contributed by atoms with Gasteiger partial charge in [0.25, 0.3) is 0 Å². The van der Waals surface area contributed by atoms with Crippen LogP contribution in [0, 0.1) is 17.8 Å². The highest BCUT2D eigenvalue weighted by Crippen LogP contribution is 2.49. The zero-order valence-electron chi connectivity index (χ0n) is 24.1. The number of nitrogens with zero attached hydrogens (tertiary/aromatic N) is 4. The predicted molar refractivity (Wildman–Crippen MR) is 154 cm³/mol. The molecular formula is C33H48N4O2. The maximum absolute atomic E-state index is 12.3. The molecule has 3 aliphatic heterocycles. The van der Waals surface area contributed by atoms with Crippen LogP contribution < -0.4 is 0 Å². The molecule has 1 aromatic heterocycles. The predicted octanol–water partition coefficient (Wildman–Crippen LogP) is 6.51. The van der Waals surface area contributed by atoms with E-state index < -0.39 is 0 Å². The molecule has 39 heavy (non-hydrogen) atoms. The lowest BCUT2D eigenvalue weighted by Crippen LogP contribution is -2.60. The molecule has 5 aliphatic rings. The van der Waals surface area contributed by atoms with Crippen molar-refractivity contribution in [2.24, 2.45) is 17.8 Å². The Morgan fingerprint density at radius 3 is 2.49 bits per heavy atom. The normalized spacial score (nSPS) is 37.6. The number of imidazole rings is 1. The summed E-state index contributed by atoms with van der Waals surface area (Å²) in [4.78, 5) is 22.9. The molecule has 0 unspecified atom stereocenters. The molecule has 0 radical (unpaired) electrons. The number of esters is 1. The molecule has 6 heteroatoms. The topological polar surface area (TPSA) is 50.6 Å². The number of methoxy groups -OCH3 is 1. The number of likely N-dealkylation sites (tertiary alicyclic amines) is 1. The lowest BCUT2D eigenvalue weighted by atomic mass is 9.71. The van der Waals surface area contributed by atoms with Crippen LogP contribution in [0.4, 0.5) is 0 Å². The van der Waals surface area contributed by atoms with Crippen LogP contribution in [0.5, 0.6) is 0 Å². The van der Waals surface area contributed by atoms with Gasteiger partial charge in [-0.2, -0.15) is 0 Å². The second-order valence-electron chi connectivity index (χ2n) is 13.8. The fourth-order valence-electron chi connectivity index (χ4n) is 9.75. The van der Waals surface area contributed by atoms with Crippen molar-refractivity contribution in [1.82, 2.24) is 19.4 Å². The molecule has 2 aliphatic carbocycles. The van der Waals surface area contributed by atoms with Crippen LogP contribution in [0.1, 0.15) is 108 Å². The molecule has 2 aromatic rings. The van der Waals surface area contributed by atoms with Crippen LogP contribution in [-0.4, -0.2) is 63.6 Å². The summed E-state index contributed by atoms with van der Waals surface area (Å²) in [6, 6.07) is 11.6. The van der Waals surface area contributed by atoms with E-state index in [1.165, 1.54) is 89.1 Å². The van der Waals surface area contributed by atoms with Crippen molar-refractivity contribution < 1.29 is 9.53 Å². The molecule has 1 aromatic carbocycles. The number of rotatable bonds is 5. The summed E-state index contributed by atoms with van der Waals surface area (Å²) < 4.78 is 7.70. The van der Waals surface area contributed by atoms with Crippen molar-refractivity contribution >= 4 is 17.0 Å². The van der Waals surface area contributed by atoms with Gasteiger partial charge in [-0.3, -0.25) is 14.6 Å². The SMILES string of the molecule is COC(=O)CN1CCC[C@H]1c1nc2ccccc2n1[C@@H]1C[C@@H]2CC[C@@H](C)[C@H](C1)N2[C@@H]1C[C@@H]2CCCC[C@@H](C2)C1. The van der Waals surface area contributed by atoms with Crippen molar-refractivity contribution in [2.75, 3.05) is 20.2 Å². The fraction of sp³-hybridized carbons (Fsp3) is 0.758. The number of piperidine rings is 2. The summed E-state index contributed by atoms with van der Waals surface area (Å²) in [6.07, 6.45) is 17.7. The minimum atomic E-state index is -0.144. The minimum Gasteiger partial charge on any atom is -0.468 e. The van der Waals surface area contributed by atoms with E-state index in [1.54, 1.807) is 0 Å². The Balaban J connectivity index is 1.21. The number of fused-ring (bicyclic) bond motifs is 5. The zero-order chi connectivity index (χ0) is 26.5. The third-order valence-electron chi connectivity index (χ3n) is 11.5. The summed E-state index contributed by atoms with van der Waals surface area (Å²) in [6.45, 7) is 3.83. The Morgan fingerprint density at radius 2 is 1.69 bits per heavy atom. The van der Waals surface area contributed by atoms with Crippen molar-refractivity contribution in [2.45, 2.75) is 121 Å². The van der Waals surface area contributed by atoms with Gasteiger partial charge in [0.05, 0.1) is 30.7 Å². The Bertz CT molecular complexity index is 1160. The maximum Gasteiger partial charge on any atom is 0.319 e. The van der Waals surface area contributed by atoms with Gasteiger partial charge in [0, 0.05) is 24.2 Å². The van der Waals surface area contributed by atoms with Gasteiger partial charge in [-0.25, -0.2) is 4.98 Å². The first-order chi connectivity index (χ1) is 19.1. The number of benzene rings is 1. The van der Waals surface area contributed by atoms with Gasteiger partial charge < -0.3 is 9.30 Å².